The molecule has 0 bridgehead atoms. The Kier molecular flexibility index (Phi) is 1.50. The Labute approximate surface area is 78.1 Å². The van der Waals surface area contributed by atoms with Gasteiger partial charge in [-0.15, -0.1) is 0 Å². The number of hydrogen-bond donors (Lipinski definition) is 1. The Morgan fingerprint density at radius 1 is 1.46 bits per heavy atom. The lowest BCUT2D eigenvalue weighted by Gasteiger charge is -2.58. The van der Waals surface area contributed by atoms with Gasteiger partial charge in [-0.05, 0) is 25.7 Å². The Morgan fingerprint density at radius 3 is 2.85 bits per heavy atom. The number of nitrogens with one attached hydrogen (secondary N) is 1. The minimum Gasteiger partial charge on any atom is -0.293 e. The fraction of sp³-hybridized carbons (Fsp3) is 0.700. The molecule has 1 saturated carbocycles. The standard InChI is InChI=1S/C10H15N3/c1-2-10(3-1)4-5-13(10)8-9-6-11-12-7-9/h6-7H,1-5,8H2,(H,11,12). The van der Waals surface area contributed by atoms with Crippen molar-refractivity contribution in [3.8, 4) is 0 Å². The van der Waals surface area contributed by atoms with Gasteiger partial charge < -0.3 is 0 Å². The van der Waals surface area contributed by atoms with Crippen LogP contribution in [0.15, 0.2) is 12.4 Å². The summed E-state index contributed by atoms with van der Waals surface area (Å²) in [6.45, 7) is 2.38. The molecule has 0 radical (unpaired) electrons. The summed E-state index contributed by atoms with van der Waals surface area (Å²) >= 11 is 0. The molecule has 2 fully saturated rings. The lowest BCUT2D eigenvalue weighted by atomic mass is 9.68. The quantitative estimate of drug-likeness (QED) is 0.743. The SMILES string of the molecule is c1n[nH]cc1CN1CCC12CCC2. The van der Waals surface area contributed by atoms with E-state index in [1.807, 2.05) is 12.4 Å². The largest absolute Gasteiger partial charge is 0.293 e. The highest BCUT2D eigenvalue weighted by atomic mass is 15.3. The lowest BCUT2D eigenvalue weighted by Crippen LogP contribution is -2.62. The van der Waals surface area contributed by atoms with Gasteiger partial charge in [-0.3, -0.25) is 10.00 Å². The van der Waals surface area contributed by atoms with E-state index in [4.69, 9.17) is 0 Å². The monoisotopic (exact) mass is 177 g/mol. The maximum Gasteiger partial charge on any atom is 0.0532 e. The highest BCUT2D eigenvalue weighted by molar-refractivity contribution is 5.10. The van der Waals surface area contributed by atoms with Gasteiger partial charge in [0.25, 0.3) is 0 Å². The Balaban J connectivity index is 1.67. The zero-order chi connectivity index (χ0) is 8.73. The van der Waals surface area contributed by atoms with E-state index < -0.39 is 0 Å². The van der Waals surface area contributed by atoms with Crippen LogP contribution in [0, 0.1) is 0 Å². The van der Waals surface area contributed by atoms with Crippen molar-refractivity contribution in [1.29, 1.82) is 0 Å². The van der Waals surface area contributed by atoms with Gasteiger partial charge in [-0.1, -0.05) is 0 Å². The molecule has 1 aromatic heterocycles. The van der Waals surface area contributed by atoms with Crippen LogP contribution in [0.25, 0.3) is 0 Å². The van der Waals surface area contributed by atoms with Crippen LogP contribution in [-0.4, -0.2) is 27.2 Å². The van der Waals surface area contributed by atoms with E-state index >= 15 is 0 Å². The summed E-state index contributed by atoms with van der Waals surface area (Å²) in [5, 5.41) is 6.84. The smallest absolute Gasteiger partial charge is 0.0532 e. The lowest BCUT2D eigenvalue weighted by molar-refractivity contribution is -0.0788. The molecule has 3 nitrogen and oxygen atoms in total. The zero-order valence-electron chi connectivity index (χ0n) is 7.79. The van der Waals surface area contributed by atoms with Crippen LogP contribution < -0.4 is 0 Å². The highest BCUT2D eigenvalue weighted by Crippen LogP contribution is 2.47. The third kappa shape index (κ3) is 1.03. The van der Waals surface area contributed by atoms with Gasteiger partial charge in [0.2, 0.25) is 0 Å². The van der Waals surface area contributed by atoms with Gasteiger partial charge in [0, 0.05) is 30.4 Å². The number of H-pyrrole nitrogens is 1. The van der Waals surface area contributed by atoms with Crippen LogP contribution in [0.2, 0.25) is 0 Å². The van der Waals surface area contributed by atoms with Crippen LogP contribution in [0.1, 0.15) is 31.2 Å². The molecule has 0 atom stereocenters. The van der Waals surface area contributed by atoms with E-state index in [9.17, 15) is 0 Å². The predicted molar refractivity (Wildman–Crippen MR) is 50.2 cm³/mol. The molecule has 1 spiro atoms. The molecule has 2 aliphatic rings. The normalized spacial score (nSPS) is 25.5. The van der Waals surface area contributed by atoms with E-state index in [2.05, 4.69) is 15.1 Å². The number of aromatic nitrogens is 2. The molecule has 1 aliphatic heterocycles. The average molecular weight is 177 g/mol. The van der Waals surface area contributed by atoms with Gasteiger partial charge in [0.05, 0.1) is 6.20 Å². The Morgan fingerprint density at radius 2 is 2.38 bits per heavy atom. The minimum absolute atomic E-state index is 0.622. The number of hydrogen-bond acceptors (Lipinski definition) is 2. The summed E-state index contributed by atoms with van der Waals surface area (Å²) in [5.41, 5.74) is 1.95. The Bertz CT molecular complexity index is 282. The molecule has 3 rings (SSSR count). The van der Waals surface area contributed by atoms with Gasteiger partial charge in [0.15, 0.2) is 0 Å². The topological polar surface area (TPSA) is 31.9 Å². The first kappa shape index (κ1) is 7.56. The first-order chi connectivity index (χ1) is 6.39. The molecule has 70 valence electrons. The van der Waals surface area contributed by atoms with Crippen molar-refractivity contribution in [2.45, 2.75) is 37.8 Å². The molecular weight excluding hydrogens is 162 g/mol. The fourth-order valence-electron chi connectivity index (χ4n) is 2.57. The molecule has 3 heteroatoms. The van der Waals surface area contributed by atoms with Crippen LogP contribution in [0.3, 0.4) is 0 Å². The second-order valence-corrected chi connectivity index (χ2v) is 4.36. The second kappa shape index (κ2) is 2.58. The van der Waals surface area contributed by atoms with E-state index in [1.54, 1.807) is 0 Å². The average Bonchev–Trinajstić information content (AvgIpc) is 2.47. The molecule has 0 amide bonds. The van der Waals surface area contributed by atoms with Gasteiger partial charge in [0.1, 0.15) is 0 Å². The zero-order valence-corrected chi connectivity index (χ0v) is 7.79. The fourth-order valence-corrected chi connectivity index (χ4v) is 2.57. The van der Waals surface area contributed by atoms with Crippen molar-refractivity contribution in [1.82, 2.24) is 15.1 Å². The molecule has 2 heterocycles. The van der Waals surface area contributed by atoms with Crippen LogP contribution in [0.5, 0.6) is 0 Å². The maximum absolute atomic E-state index is 3.97. The van der Waals surface area contributed by atoms with Crippen LogP contribution in [0.4, 0.5) is 0 Å². The third-order valence-corrected chi connectivity index (χ3v) is 3.73. The molecular formula is C10H15N3. The molecule has 1 aliphatic carbocycles. The van der Waals surface area contributed by atoms with Crippen molar-refractivity contribution in [2.24, 2.45) is 0 Å². The van der Waals surface area contributed by atoms with E-state index in [0.717, 1.165) is 6.54 Å². The summed E-state index contributed by atoms with van der Waals surface area (Å²) in [6.07, 6.45) is 9.64. The number of aromatic amines is 1. The van der Waals surface area contributed by atoms with Gasteiger partial charge in [-0.25, -0.2) is 0 Å². The summed E-state index contributed by atoms with van der Waals surface area (Å²) in [6, 6.07) is 0. The molecule has 1 saturated heterocycles. The highest BCUT2D eigenvalue weighted by Gasteiger charge is 2.48. The second-order valence-electron chi connectivity index (χ2n) is 4.36. The summed E-state index contributed by atoms with van der Waals surface area (Å²) in [7, 11) is 0. The van der Waals surface area contributed by atoms with Crippen molar-refractivity contribution in [3.63, 3.8) is 0 Å². The maximum atomic E-state index is 3.97. The molecule has 1 N–H and O–H groups in total. The third-order valence-electron chi connectivity index (χ3n) is 3.73. The van der Waals surface area contributed by atoms with Crippen molar-refractivity contribution >= 4 is 0 Å². The van der Waals surface area contributed by atoms with Crippen molar-refractivity contribution in [3.05, 3.63) is 18.0 Å². The molecule has 1 aromatic rings. The summed E-state index contributed by atoms with van der Waals surface area (Å²) < 4.78 is 0. The summed E-state index contributed by atoms with van der Waals surface area (Å²) in [4.78, 5) is 2.61. The van der Waals surface area contributed by atoms with E-state index in [0.29, 0.717) is 5.54 Å². The van der Waals surface area contributed by atoms with E-state index in [-0.39, 0.29) is 0 Å². The molecule has 0 unspecified atom stereocenters. The van der Waals surface area contributed by atoms with Gasteiger partial charge >= 0.3 is 0 Å². The molecule has 0 aromatic carbocycles. The number of nitrogens with zero attached hydrogens (tertiary/aromatic N) is 2. The summed E-state index contributed by atoms with van der Waals surface area (Å²) in [5.74, 6) is 0. The predicted octanol–water partition coefficient (Wildman–Crippen LogP) is 1.54. The number of likely N-dealkylation sites (tertiary alicyclic amines) is 1. The van der Waals surface area contributed by atoms with Crippen molar-refractivity contribution in [2.75, 3.05) is 6.54 Å². The van der Waals surface area contributed by atoms with Crippen molar-refractivity contribution < 1.29 is 0 Å². The molecule has 13 heavy (non-hydrogen) atoms. The van der Waals surface area contributed by atoms with Crippen LogP contribution in [-0.2, 0) is 6.54 Å². The van der Waals surface area contributed by atoms with E-state index in [1.165, 1.54) is 37.8 Å². The van der Waals surface area contributed by atoms with Crippen LogP contribution >= 0.6 is 0 Å². The number of rotatable bonds is 2. The first-order valence-corrected chi connectivity index (χ1v) is 5.12. The van der Waals surface area contributed by atoms with Gasteiger partial charge in [-0.2, -0.15) is 5.10 Å². The first-order valence-electron chi connectivity index (χ1n) is 5.12. The Hall–Kier alpha value is -0.830. The minimum atomic E-state index is 0.622.